The van der Waals surface area contributed by atoms with Gasteiger partial charge in [-0.2, -0.15) is 0 Å². The third-order valence-corrected chi connectivity index (χ3v) is 3.75. The van der Waals surface area contributed by atoms with Crippen molar-refractivity contribution in [1.29, 1.82) is 0 Å². The summed E-state index contributed by atoms with van der Waals surface area (Å²) in [4.78, 5) is 12.1. The van der Waals surface area contributed by atoms with E-state index in [0.29, 0.717) is 24.3 Å². The van der Waals surface area contributed by atoms with Crippen molar-refractivity contribution in [3.63, 3.8) is 0 Å². The zero-order valence-electron chi connectivity index (χ0n) is 11.6. The Bertz CT molecular complexity index is 626. The fraction of sp³-hybridized carbons (Fsp3) is 0.188. The first kappa shape index (κ1) is 15.4. The van der Waals surface area contributed by atoms with Crippen LogP contribution in [0.5, 0.6) is 11.5 Å². The molecule has 0 bridgehead atoms. The number of hydrogen-bond donors (Lipinski definition) is 2. The van der Waals surface area contributed by atoms with Gasteiger partial charge < -0.3 is 15.2 Å². The number of phenolic OH excluding ortho intramolecular Hbond substituents is 1. The van der Waals surface area contributed by atoms with Gasteiger partial charge in [0.1, 0.15) is 11.5 Å². The average molecular weight is 350 g/mol. The van der Waals surface area contributed by atoms with Crippen LogP contribution in [-0.2, 0) is 6.42 Å². The molecule has 21 heavy (non-hydrogen) atoms. The number of hydrogen-bond acceptors (Lipinski definition) is 3. The van der Waals surface area contributed by atoms with Crippen LogP contribution in [0.15, 0.2) is 46.9 Å². The molecule has 0 aromatic heterocycles. The number of amides is 1. The van der Waals surface area contributed by atoms with E-state index >= 15 is 0 Å². The summed E-state index contributed by atoms with van der Waals surface area (Å²) in [6, 6.07) is 12.2. The van der Waals surface area contributed by atoms with Crippen molar-refractivity contribution < 1.29 is 14.6 Å². The van der Waals surface area contributed by atoms with Crippen LogP contribution in [0, 0.1) is 0 Å². The van der Waals surface area contributed by atoms with E-state index in [1.165, 1.54) is 0 Å². The molecule has 0 aliphatic carbocycles. The second kappa shape index (κ2) is 7.13. The van der Waals surface area contributed by atoms with Crippen LogP contribution in [0.4, 0.5) is 0 Å². The lowest BCUT2D eigenvalue weighted by atomic mass is 10.1. The number of benzene rings is 2. The quantitative estimate of drug-likeness (QED) is 0.871. The van der Waals surface area contributed by atoms with Gasteiger partial charge in [-0.25, -0.2) is 0 Å². The molecule has 2 aromatic rings. The molecule has 0 atom stereocenters. The minimum Gasteiger partial charge on any atom is -0.508 e. The molecule has 0 heterocycles. The number of rotatable bonds is 5. The predicted octanol–water partition coefficient (Wildman–Crippen LogP) is 3.14. The summed E-state index contributed by atoms with van der Waals surface area (Å²) in [7, 11) is 1.57. The van der Waals surface area contributed by atoms with E-state index in [2.05, 4.69) is 21.2 Å². The molecule has 0 unspecified atom stereocenters. The molecule has 0 spiro atoms. The van der Waals surface area contributed by atoms with Crippen LogP contribution in [0.1, 0.15) is 15.9 Å². The molecule has 0 saturated heterocycles. The summed E-state index contributed by atoms with van der Waals surface area (Å²) >= 11 is 3.36. The third-order valence-electron chi connectivity index (χ3n) is 3.05. The molecule has 0 fully saturated rings. The van der Waals surface area contributed by atoms with Gasteiger partial charge in [-0.3, -0.25) is 4.79 Å². The first-order valence-corrected chi connectivity index (χ1v) is 7.29. The molecule has 2 N–H and O–H groups in total. The number of carbonyl (C=O) groups excluding carboxylic acids is 1. The standard InChI is InChI=1S/C16H16BrNO3/c1-21-13-6-7-15(17)14(10-13)16(20)18-9-8-11-2-4-12(19)5-3-11/h2-7,10,19H,8-9H2,1H3,(H,18,20). The van der Waals surface area contributed by atoms with Gasteiger partial charge in [-0.15, -0.1) is 0 Å². The molecule has 2 rings (SSSR count). The molecule has 0 saturated carbocycles. The van der Waals surface area contributed by atoms with Crippen LogP contribution in [0.25, 0.3) is 0 Å². The highest BCUT2D eigenvalue weighted by Crippen LogP contribution is 2.22. The molecular formula is C16H16BrNO3. The molecular weight excluding hydrogens is 334 g/mol. The largest absolute Gasteiger partial charge is 0.508 e. The Morgan fingerprint density at radius 1 is 1.24 bits per heavy atom. The van der Waals surface area contributed by atoms with E-state index in [0.717, 1.165) is 10.0 Å². The highest BCUT2D eigenvalue weighted by atomic mass is 79.9. The van der Waals surface area contributed by atoms with E-state index in [1.54, 1.807) is 37.4 Å². The Morgan fingerprint density at radius 3 is 2.62 bits per heavy atom. The highest BCUT2D eigenvalue weighted by molar-refractivity contribution is 9.10. The lowest BCUT2D eigenvalue weighted by Crippen LogP contribution is -2.26. The van der Waals surface area contributed by atoms with E-state index in [4.69, 9.17) is 4.74 Å². The fourth-order valence-electron chi connectivity index (χ4n) is 1.88. The molecule has 0 aliphatic rings. The Morgan fingerprint density at radius 2 is 1.95 bits per heavy atom. The van der Waals surface area contributed by atoms with Crippen LogP contribution >= 0.6 is 15.9 Å². The summed E-state index contributed by atoms with van der Waals surface area (Å²) in [5.41, 5.74) is 1.60. The van der Waals surface area contributed by atoms with Crippen LogP contribution in [0.2, 0.25) is 0 Å². The maximum absolute atomic E-state index is 12.1. The summed E-state index contributed by atoms with van der Waals surface area (Å²) in [5.74, 6) is 0.726. The molecule has 1 amide bonds. The van der Waals surface area contributed by atoms with Crippen LogP contribution in [-0.4, -0.2) is 24.7 Å². The maximum Gasteiger partial charge on any atom is 0.252 e. The van der Waals surface area contributed by atoms with Crippen LogP contribution < -0.4 is 10.1 Å². The van der Waals surface area contributed by atoms with Crippen molar-refractivity contribution in [3.05, 3.63) is 58.1 Å². The Kier molecular flexibility index (Phi) is 5.22. The summed E-state index contributed by atoms with van der Waals surface area (Å²) in [6.45, 7) is 0.521. The molecule has 0 radical (unpaired) electrons. The normalized spacial score (nSPS) is 10.2. The minimum atomic E-state index is -0.153. The zero-order valence-corrected chi connectivity index (χ0v) is 13.2. The third kappa shape index (κ3) is 4.23. The first-order valence-electron chi connectivity index (χ1n) is 6.50. The van der Waals surface area contributed by atoms with Gasteiger partial charge in [0.15, 0.2) is 0 Å². The number of phenols is 1. The van der Waals surface area contributed by atoms with Crippen molar-refractivity contribution in [2.75, 3.05) is 13.7 Å². The van der Waals surface area contributed by atoms with Gasteiger partial charge in [-0.1, -0.05) is 12.1 Å². The number of methoxy groups -OCH3 is 1. The summed E-state index contributed by atoms with van der Waals surface area (Å²) in [6.07, 6.45) is 0.702. The van der Waals surface area contributed by atoms with E-state index in [9.17, 15) is 9.90 Å². The second-order valence-electron chi connectivity index (χ2n) is 4.52. The van der Waals surface area contributed by atoms with Gasteiger partial charge in [0.2, 0.25) is 0 Å². The number of ether oxygens (including phenoxy) is 1. The molecule has 0 aliphatic heterocycles. The molecule has 5 heteroatoms. The number of nitrogens with one attached hydrogen (secondary N) is 1. The predicted molar refractivity (Wildman–Crippen MR) is 84.8 cm³/mol. The minimum absolute atomic E-state index is 0.153. The topological polar surface area (TPSA) is 58.6 Å². The maximum atomic E-state index is 12.1. The number of halogens is 1. The van der Waals surface area contributed by atoms with Crippen molar-refractivity contribution in [1.82, 2.24) is 5.32 Å². The summed E-state index contributed by atoms with van der Waals surface area (Å²) in [5, 5.41) is 12.1. The van der Waals surface area contributed by atoms with Gasteiger partial charge in [0.05, 0.1) is 12.7 Å². The second-order valence-corrected chi connectivity index (χ2v) is 5.37. The Labute approximate surface area is 131 Å². The number of carbonyl (C=O) groups is 1. The molecule has 4 nitrogen and oxygen atoms in total. The van der Waals surface area contributed by atoms with Gasteiger partial charge in [0.25, 0.3) is 5.91 Å². The summed E-state index contributed by atoms with van der Waals surface area (Å²) < 4.78 is 5.85. The van der Waals surface area contributed by atoms with E-state index < -0.39 is 0 Å². The van der Waals surface area contributed by atoms with E-state index in [1.807, 2.05) is 12.1 Å². The molecule has 2 aromatic carbocycles. The highest BCUT2D eigenvalue weighted by Gasteiger charge is 2.10. The zero-order chi connectivity index (χ0) is 15.2. The van der Waals surface area contributed by atoms with Crippen LogP contribution in [0.3, 0.4) is 0 Å². The lowest BCUT2D eigenvalue weighted by Gasteiger charge is -2.09. The Hall–Kier alpha value is -2.01. The monoisotopic (exact) mass is 349 g/mol. The lowest BCUT2D eigenvalue weighted by molar-refractivity contribution is 0.0953. The van der Waals surface area contributed by atoms with Gasteiger partial charge in [-0.05, 0) is 58.2 Å². The van der Waals surface area contributed by atoms with E-state index in [-0.39, 0.29) is 11.7 Å². The molecule has 110 valence electrons. The number of aromatic hydroxyl groups is 1. The van der Waals surface area contributed by atoms with Crippen molar-refractivity contribution in [2.45, 2.75) is 6.42 Å². The SMILES string of the molecule is COc1ccc(Br)c(C(=O)NCCc2ccc(O)cc2)c1. The smallest absolute Gasteiger partial charge is 0.252 e. The Balaban J connectivity index is 1.94. The van der Waals surface area contributed by atoms with Gasteiger partial charge in [0, 0.05) is 11.0 Å². The van der Waals surface area contributed by atoms with Crippen molar-refractivity contribution >= 4 is 21.8 Å². The van der Waals surface area contributed by atoms with Gasteiger partial charge >= 0.3 is 0 Å². The fourth-order valence-corrected chi connectivity index (χ4v) is 2.31. The van der Waals surface area contributed by atoms with Crippen molar-refractivity contribution in [2.24, 2.45) is 0 Å². The average Bonchev–Trinajstić information content (AvgIpc) is 2.49. The first-order chi connectivity index (χ1) is 10.1. The van der Waals surface area contributed by atoms with Crippen molar-refractivity contribution in [3.8, 4) is 11.5 Å².